The molecule has 0 bridgehead atoms. The van der Waals surface area contributed by atoms with Gasteiger partial charge in [0, 0.05) is 17.6 Å². The third kappa shape index (κ3) is 4.57. The van der Waals surface area contributed by atoms with Gasteiger partial charge in [-0.25, -0.2) is 8.78 Å². The van der Waals surface area contributed by atoms with E-state index < -0.39 is 17.3 Å². The Morgan fingerprint density at radius 1 is 1.03 bits per heavy atom. The molecule has 3 aromatic heterocycles. The van der Waals surface area contributed by atoms with Crippen LogP contribution in [0, 0.1) is 24.0 Å². The van der Waals surface area contributed by atoms with Crippen molar-refractivity contribution >= 4 is 0 Å². The maximum Gasteiger partial charge on any atom is 2.00 e. The first-order chi connectivity index (χ1) is 14.4. The number of methoxy groups -OCH3 is 1. The Kier molecular flexibility index (Phi) is 6.65. The maximum atomic E-state index is 14.1. The Hall–Kier alpha value is -2.92. The van der Waals surface area contributed by atoms with Crippen LogP contribution in [0.5, 0.6) is 5.75 Å². The van der Waals surface area contributed by atoms with Gasteiger partial charge in [0.2, 0.25) is 0 Å². The van der Waals surface area contributed by atoms with Gasteiger partial charge >= 0.3 is 21.1 Å². The monoisotopic (exact) mass is 599 g/mol. The predicted octanol–water partition coefficient (Wildman–Crippen LogP) is 4.54. The van der Waals surface area contributed by atoms with Crippen LogP contribution in [0.3, 0.4) is 0 Å². The Morgan fingerprint density at radius 3 is 2.58 bits per heavy atom. The summed E-state index contributed by atoms with van der Waals surface area (Å²) in [7, 11) is 1.60. The van der Waals surface area contributed by atoms with E-state index in [0.717, 1.165) is 17.4 Å². The molecule has 0 fully saturated rings. The maximum absolute atomic E-state index is 14.1. The normalized spacial score (nSPS) is 11.1. The van der Waals surface area contributed by atoms with E-state index in [1.807, 2.05) is 44.3 Å². The molecule has 0 aliphatic carbocycles. The predicted molar refractivity (Wildman–Crippen MR) is 107 cm³/mol. The second-order valence-corrected chi connectivity index (χ2v) is 7.18. The third-order valence-corrected chi connectivity index (χ3v) is 4.86. The van der Waals surface area contributed by atoms with E-state index >= 15 is 0 Å². The average Bonchev–Trinajstić information content (AvgIpc) is 3.25. The fourth-order valence-corrected chi connectivity index (χ4v) is 3.09. The number of aromatic nitrogens is 4. The van der Waals surface area contributed by atoms with Crippen LogP contribution in [-0.2, 0) is 26.5 Å². The molecule has 0 spiro atoms. The molecule has 0 N–H and O–H groups in total. The molecule has 5 nitrogen and oxygen atoms in total. The molecular formula is C23H18F2N4OPt. The Morgan fingerprint density at radius 2 is 1.84 bits per heavy atom. The second kappa shape index (κ2) is 9.06. The van der Waals surface area contributed by atoms with Gasteiger partial charge in [0.15, 0.2) is 0 Å². The molecule has 3 heterocycles. The van der Waals surface area contributed by atoms with E-state index in [9.17, 15) is 8.78 Å². The topological polar surface area (TPSA) is 52.8 Å². The van der Waals surface area contributed by atoms with Crippen LogP contribution in [0.4, 0.5) is 8.78 Å². The summed E-state index contributed by atoms with van der Waals surface area (Å²) in [6, 6.07) is 19.2. The molecule has 8 heteroatoms. The van der Waals surface area contributed by atoms with E-state index in [-0.39, 0.29) is 26.6 Å². The molecule has 31 heavy (non-hydrogen) atoms. The van der Waals surface area contributed by atoms with Crippen molar-refractivity contribution in [2.45, 2.75) is 19.3 Å². The number of rotatable bonds is 5. The van der Waals surface area contributed by atoms with Crippen LogP contribution in [0.2, 0.25) is 0 Å². The van der Waals surface area contributed by atoms with Crippen molar-refractivity contribution in [2.24, 2.45) is 0 Å². The molecule has 4 rings (SSSR count). The molecular weight excluding hydrogens is 581 g/mol. The van der Waals surface area contributed by atoms with Crippen LogP contribution in [-0.4, -0.2) is 26.9 Å². The number of nitrogens with zero attached hydrogens (tertiary/aromatic N) is 4. The van der Waals surface area contributed by atoms with E-state index in [4.69, 9.17) is 4.74 Å². The van der Waals surface area contributed by atoms with Crippen LogP contribution in [0.25, 0.3) is 16.9 Å². The zero-order valence-corrected chi connectivity index (χ0v) is 19.2. The summed E-state index contributed by atoms with van der Waals surface area (Å²) in [5.41, 5.74) is 1.95. The van der Waals surface area contributed by atoms with E-state index in [1.165, 1.54) is 0 Å². The van der Waals surface area contributed by atoms with Crippen molar-refractivity contribution in [2.75, 3.05) is 7.11 Å². The summed E-state index contributed by atoms with van der Waals surface area (Å²) in [5, 5.41) is 4.68. The van der Waals surface area contributed by atoms with Gasteiger partial charge in [-0.2, -0.15) is 17.2 Å². The summed E-state index contributed by atoms with van der Waals surface area (Å²) in [5.74, 6) is -1.16. The van der Waals surface area contributed by atoms with Crippen molar-refractivity contribution in [3.05, 3.63) is 90.1 Å². The average molecular weight is 599 g/mol. The minimum absolute atomic E-state index is 0. The van der Waals surface area contributed by atoms with E-state index in [1.54, 1.807) is 30.0 Å². The fourth-order valence-electron chi connectivity index (χ4n) is 3.09. The summed E-state index contributed by atoms with van der Waals surface area (Å²) < 4.78 is 34.2. The van der Waals surface area contributed by atoms with Crippen molar-refractivity contribution in [3.63, 3.8) is 0 Å². The molecule has 160 valence electrons. The van der Waals surface area contributed by atoms with Gasteiger partial charge < -0.3 is 9.72 Å². The standard InChI is InChI=1S/C23H18F2N4O.Pt/c1-23(2,20-12-13-29(28-20)15-6-4-7-16(14-15)30-3)19-9-5-8-18(26-19)17-10-11-21(24)27-22(17)25;/h4-5,7-9,11-14H,1-3H3;/q-2;+2. The van der Waals surface area contributed by atoms with Gasteiger partial charge in [0.1, 0.15) is 11.9 Å². The molecule has 4 aromatic rings. The summed E-state index contributed by atoms with van der Waals surface area (Å²) in [6.45, 7) is 3.95. The smallest absolute Gasteiger partial charge is 0.522 e. The van der Waals surface area contributed by atoms with Gasteiger partial charge in [-0.05, 0) is 37.4 Å². The van der Waals surface area contributed by atoms with Crippen LogP contribution >= 0.6 is 0 Å². The minimum Gasteiger partial charge on any atom is -0.522 e. The van der Waals surface area contributed by atoms with Gasteiger partial charge in [0.25, 0.3) is 0 Å². The van der Waals surface area contributed by atoms with Crippen molar-refractivity contribution < 1.29 is 34.6 Å². The fraction of sp³-hybridized carbons (Fsp3) is 0.174. The second-order valence-electron chi connectivity index (χ2n) is 7.18. The number of halogens is 2. The van der Waals surface area contributed by atoms with Crippen LogP contribution < -0.4 is 4.74 Å². The Bertz CT molecular complexity index is 1210. The van der Waals surface area contributed by atoms with Gasteiger partial charge in [-0.15, -0.1) is 18.2 Å². The summed E-state index contributed by atoms with van der Waals surface area (Å²) >= 11 is 0. The van der Waals surface area contributed by atoms with Crippen LogP contribution in [0.15, 0.2) is 54.7 Å². The minimum atomic E-state index is -0.949. The molecule has 0 amide bonds. The largest absolute Gasteiger partial charge is 2.00 e. The van der Waals surface area contributed by atoms with E-state index in [0.29, 0.717) is 17.1 Å². The molecule has 0 unspecified atom stereocenters. The van der Waals surface area contributed by atoms with Gasteiger partial charge in [-0.3, -0.25) is 9.67 Å². The number of ether oxygens (including phenoxy) is 1. The first-order valence-corrected chi connectivity index (χ1v) is 9.22. The third-order valence-electron chi connectivity index (χ3n) is 4.86. The van der Waals surface area contributed by atoms with Crippen molar-refractivity contribution in [3.8, 4) is 22.7 Å². The summed E-state index contributed by atoms with van der Waals surface area (Å²) in [6.07, 6.45) is 1.84. The quantitative estimate of drug-likeness (QED) is 0.250. The first kappa shape index (κ1) is 22.8. The number of pyridine rings is 2. The SMILES string of the molecule is COc1cc[c-]c(-n2ccc(C(C)(C)c3cccc(-c4[c-]cc(F)nc4F)n3)n2)c1.[Pt+2]. The summed E-state index contributed by atoms with van der Waals surface area (Å²) in [4.78, 5) is 7.80. The molecule has 0 radical (unpaired) electrons. The molecule has 0 aliphatic rings. The number of benzene rings is 1. The van der Waals surface area contributed by atoms with Gasteiger partial charge in [0.05, 0.1) is 18.2 Å². The zero-order chi connectivity index (χ0) is 21.3. The van der Waals surface area contributed by atoms with Crippen molar-refractivity contribution in [1.29, 1.82) is 0 Å². The molecule has 0 saturated carbocycles. The first-order valence-electron chi connectivity index (χ1n) is 9.22. The Labute approximate surface area is 193 Å². The molecule has 0 saturated heterocycles. The molecule has 0 atom stereocenters. The zero-order valence-electron chi connectivity index (χ0n) is 17.0. The number of hydrogen-bond donors (Lipinski definition) is 0. The van der Waals surface area contributed by atoms with Crippen LogP contribution in [0.1, 0.15) is 25.2 Å². The number of hydrogen-bond acceptors (Lipinski definition) is 4. The molecule has 0 aliphatic heterocycles. The van der Waals surface area contributed by atoms with Gasteiger partial charge in [-0.1, -0.05) is 23.8 Å². The van der Waals surface area contributed by atoms with E-state index in [2.05, 4.69) is 27.2 Å². The Balaban J connectivity index is 0.00000272. The van der Waals surface area contributed by atoms with Crippen molar-refractivity contribution in [1.82, 2.24) is 19.7 Å². The molecule has 1 aromatic carbocycles.